The molecule has 0 bridgehead atoms. The summed E-state index contributed by atoms with van der Waals surface area (Å²) in [6.45, 7) is 10.1. The van der Waals surface area contributed by atoms with Crippen LogP contribution in [0.25, 0.3) is 0 Å². The van der Waals surface area contributed by atoms with E-state index in [9.17, 15) is 9.59 Å². The first-order valence-electron chi connectivity index (χ1n) is 6.51. The predicted molar refractivity (Wildman–Crippen MR) is 88.8 cm³/mol. The second kappa shape index (κ2) is 11.0. The fourth-order valence-corrected chi connectivity index (χ4v) is 1.12. The minimum absolute atomic E-state index is 0.0654. The van der Waals surface area contributed by atoms with Crippen molar-refractivity contribution >= 4 is 11.9 Å². The molecule has 0 aromatic heterocycles. The van der Waals surface area contributed by atoms with Crippen molar-refractivity contribution in [3.63, 3.8) is 0 Å². The van der Waals surface area contributed by atoms with E-state index in [4.69, 9.17) is 15.1 Å². The topological polar surface area (TPSA) is 96.6 Å². The molecule has 0 aliphatic rings. The lowest BCUT2D eigenvalue weighted by atomic mass is 10.2. The third-order valence-electron chi connectivity index (χ3n) is 2.31. The number of phenolic OH excluding ortho intramolecular Hbond substituents is 1. The molecular formula is C18H17NO5. The highest BCUT2D eigenvalue weighted by Gasteiger charge is 2.07. The van der Waals surface area contributed by atoms with Crippen molar-refractivity contribution in [2.45, 2.75) is 0 Å². The van der Waals surface area contributed by atoms with E-state index in [-0.39, 0.29) is 17.1 Å². The monoisotopic (exact) mass is 327 g/mol. The van der Waals surface area contributed by atoms with Crippen molar-refractivity contribution in [2.75, 3.05) is 7.11 Å². The van der Waals surface area contributed by atoms with Crippen LogP contribution in [0.2, 0.25) is 0 Å². The molecule has 0 fully saturated rings. The molecule has 0 unspecified atom stereocenters. The van der Waals surface area contributed by atoms with Gasteiger partial charge >= 0.3 is 11.9 Å². The Morgan fingerprint density at radius 2 is 1.79 bits per heavy atom. The second-order valence-corrected chi connectivity index (χ2v) is 4.10. The summed E-state index contributed by atoms with van der Waals surface area (Å²) in [6, 6.07) is 7.45. The number of nitriles is 1. The number of benzene rings is 1. The zero-order valence-corrected chi connectivity index (χ0v) is 13.2. The number of aromatic hydroxyl groups is 1. The van der Waals surface area contributed by atoms with Gasteiger partial charge in [0.25, 0.3) is 0 Å². The number of hydrogen-bond acceptors (Lipinski definition) is 6. The summed E-state index contributed by atoms with van der Waals surface area (Å²) in [4.78, 5) is 21.4. The maximum absolute atomic E-state index is 11.6. The van der Waals surface area contributed by atoms with Gasteiger partial charge in [-0.05, 0) is 36.4 Å². The van der Waals surface area contributed by atoms with E-state index in [1.807, 2.05) is 6.07 Å². The Kier molecular flexibility index (Phi) is 9.39. The number of methoxy groups -OCH3 is 1. The summed E-state index contributed by atoms with van der Waals surface area (Å²) < 4.78 is 9.06. The van der Waals surface area contributed by atoms with Crippen LogP contribution < -0.4 is 0 Å². The first-order chi connectivity index (χ1) is 11.3. The van der Waals surface area contributed by atoms with Crippen LogP contribution in [0.3, 0.4) is 0 Å². The number of carbonyl (C=O) groups excluding carboxylic acids is 2. The first kappa shape index (κ1) is 20.4. The molecule has 124 valence electrons. The molecule has 1 aromatic carbocycles. The molecule has 0 amide bonds. The summed E-state index contributed by atoms with van der Waals surface area (Å²) in [5.41, 5.74) is 0.526. The Morgan fingerprint density at radius 1 is 1.21 bits per heavy atom. The van der Waals surface area contributed by atoms with Gasteiger partial charge in [-0.25, -0.2) is 9.59 Å². The summed E-state index contributed by atoms with van der Waals surface area (Å²) in [6.07, 6.45) is 3.89. The number of allylic oxidation sites excluding steroid dienone is 3. The molecule has 0 saturated heterocycles. The molecule has 1 N–H and O–H groups in total. The lowest BCUT2D eigenvalue weighted by Crippen LogP contribution is -2.03. The quantitative estimate of drug-likeness (QED) is 0.293. The molecule has 0 radical (unpaired) electrons. The Labute approximate surface area is 140 Å². The van der Waals surface area contributed by atoms with Gasteiger partial charge in [-0.3, -0.25) is 0 Å². The molecular weight excluding hydrogens is 310 g/mol. The Hall–Kier alpha value is -3.59. The fourth-order valence-electron chi connectivity index (χ4n) is 1.12. The van der Waals surface area contributed by atoms with Crippen LogP contribution in [0, 0.1) is 11.3 Å². The van der Waals surface area contributed by atoms with Crippen molar-refractivity contribution in [1.29, 1.82) is 5.26 Å². The number of carbonyl (C=O) groups is 2. The average molecular weight is 327 g/mol. The van der Waals surface area contributed by atoms with Gasteiger partial charge in [0.05, 0.1) is 18.7 Å². The third kappa shape index (κ3) is 8.64. The third-order valence-corrected chi connectivity index (χ3v) is 2.31. The normalized spacial score (nSPS) is 9.00. The minimum atomic E-state index is -0.591. The van der Waals surface area contributed by atoms with Crippen LogP contribution in [-0.4, -0.2) is 24.2 Å². The van der Waals surface area contributed by atoms with Gasteiger partial charge in [0.15, 0.2) is 0 Å². The van der Waals surface area contributed by atoms with Crippen molar-refractivity contribution in [2.24, 2.45) is 0 Å². The highest BCUT2D eigenvalue weighted by molar-refractivity contribution is 5.90. The van der Waals surface area contributed by atoms with Crippen LogP contribution in [0.15, 0.2) is 73.6 Å². The number of ether oxygens (including phenoxy) is 2. The fraction of sp³-hybridized carbons (Fsp3) is 0.0556. The number of hydrogen-bond donors (Lipinski definition) is 1. The van der Waals surface area contributed by atoms with Gasteiger partial charge in [-0.1, -0.05) is 19.7 Å². The largest absolute Gasteiger partial charge is 0.508 e. The van der Waals surface area contributed by atoms with E-state index >= 15 is 0 Å². The molecule has 0 aliphatic heterocycles. The second-order valence-electron chi connectivity index (χ2n) is 4.10. The SMILES string of the molecule is C=C(C#N)/C=C\C(=C)OC(=O)c1ccc(O)cc1.C=CC(=O)OC. The smallest absolute Gasteiger partial charge is 0.343 e. The van der Waals surface area contributed by atoms with Gasteiger partial charge in [0, 0.05) is 11.6 Å². The summed E-state index contributed by atoms with van der Waals surface area (Å²) in [7, 11) is 1.31. The van der Waals surface area contributed by atoms with E-state index in [0.29, 0.717) is 5.56 Å². The van der Waals surface area contributed by atoms with E-state index in [1.165, 1.54) is 43.5 Å². The van der Waals surface area contributed by atoms with Gasteiger partial charge in [-0.15, -0.1) is 0 Å². The maximum Gasteiger partial charge on any atom is 0.343 e. The zero-order valence-electron chi connectivity index (χ0n) is 13.2. The molecule has 1 rings (SSSR count). The van der Waals surface area contributed by atoms with Crippen LogP contribution in [0.5, 0.6) is 5.75 Å². The van der Waals surface area contributed by atoms with Gasteiger partial charge in [0.2, 0.25) is 0 Å². The van der Waals surface area contributed by atoms with Crippen LogP contribution >= 0.6 is 0 Å². The highest BCUT2D eigenvalue weighted by atomic mass is 16.5. The van der Waals surface area contributed by atoms with Crippen LogP contribution in [0.4, 0.5) is 0 Å². The van der Waals surface area contributed by atoms with E-state index in [2.05, 4.69) is 24.5 Å². The van der Waals surface area contributed by atoms with Gasteiger partial charge < -0.3 is 14.6 Å². The molecule has 0 atom stereocenters. The van der Waals surface area contributed by atoms with Crippen molar-refractivity contribution in [3.8, 4) is 11.8 Å². The first-order valence-corrected chi connectivity index (χ1v) is 6.51. The lowest BCUT2D eigenvalue weighted by Gasteiger charge is -2.03. The summed E-state index contributed by atoms with van der Waals surface area (Å²) >= 11 is 0. The molecule has 0 aliphatic carbocycles. The lowest BCUT2D eigenvalue weighted by molar-refractivity contribution is -0.134. The minimum Gasteiger partial charge on any atom is -0.508 e. The molecule has 24 heavy (non-hydrogen) atoms. The Morgan fingerprint density at radius 3 is 2.21 bits per heavy atom. The summed E-state index contributed by atoms with van der Waals surface area (Å²) in [5, 5.41) is 17.5. The Bertz CT molecular complexity index is 693. The number of rotatable bonds is 5. The molecule has 0 spiro atoms. The predicted octanol–water partition coefficient (Wildman–Crippen LogP) is 3.04. The number of esters is 2. The number of nitrogens with zero attached hydrogens (tertiary/aromatic N) is 1. The standard InChI is InChI=1S/C14H11NO3.C4H6O2/c1-10(9-15)3-4-11(2)18-14(17)12-5-7-13(16)8-6-12;1-3-4(5)6-2/h3-8,16H,1-2H2;3H,1H2,2H3/b4-3-;. The van der Waals surface area contributed by atoms with Gasteiger partial charge in [0.1, 0.15) is 11.5 Å². The zero-order chi connectivity index (χ0) is 18.5. The summed E-state index contributed by atoms with van der Waals surface area (Å²) in [5.74, 6) is -0.817. The van der Waals surface area contributed by atoms with Crippen molar-refractivity contribution < 1.29 is 24.2 Å². The van der Waals surface area contributed by atoms with E-state index < -0.39 is 11.9 Å². The number of phenols is 1. The molecule has 6 nitrogen and oxygen atoms in total. The average Bonchev–Trinajstić information content (AvgIpc) is 2.59. The Balaban J connectivity index is 0.000000754. The van der Waals surface area contributed by atoms with Crippen LogP contribution in [0.1, 0.15) is 10.4 Å². The highest BCUT2D eigenvalue weighted by Crippen LogP contribution is 2.12. The van der Waals surface area contributed by atoms with Crippen molar-refractivity contribution in [3.05, 3.63) is 79.1 Å². The maximum atomic E-state index is 11.6. The van der Waals surface area contributed by atoms with Crippen molar-refractivity contribution in [1.82, 2.24) is 0 Å². The molecule has 0 saturated carbocycles. The molecule has 1 aromatic rings. The van der Waals surface area contributed by atoms with E-state index in [1.54, 1.807) is 0 Å². The van der Waals surface area contributed by atoms with Crippen LogP contribution in [-0.2, 0) is 14.3 Å². The van der Waals surface area contributed by atoms with Gasteiger partial charge in [-0.2, -0.15) is 5.26 Å². The molecule has 0 heterocycles. The molecule has 6 heteroatoms. The van der Waals surface area contributed by atoms with E-state index in [0.717, 1.165) is 6.08 Å².